The third-order valence-electron chi connectivity index (χ3n) is 3.13. The van der Waals surface area contributed by atoms with E-state index in [-0.39, 0.29) is 17.8 Å². The standard InChI is InChI=1S/C14H17Br2NO3/c1-14(2)8-17(7-10(6-15)20-14)13(19)11-4-3-9(16)5-12(11)18/h3-5,10,18H,6-8H2,1-2H3. The molecule has 20 heavy (non-hydrogen) atoms. The summed E-state index contributed by atoms with van der Waals surface area (Å²) >= 11 is 6.67. The first kappa shape index (κ1) is 15.8. The van der Waals surface area contributed by atoms with E-state index in [9.17, 15) is 9.90 Å². The van der Waals surface area contributed by atoms with Gasteiger partial charge in [-0.25, -0.2) is 0 Å². The number of hydrogen-bond acceptors (Lipinski definition) is 3. The highest BCUT2D eigenvalue weighted by molar-refractivity contribution is 9.10. The van der Waals surface area contributed by atoms with Crippen LogP contribution < -0.4 is 0 Å². The van der Waals surface area contributed by atoms with Crippen molar-refractivity contribution in [3.05, 3.63) is 28.2 Å². The number of nitrogens with zero attached hydrogens (tertiary/aromatic N) is 1. The van der Waals surface area contributed by atoms with Gasteiger partial charge in [-0.2, -0.15) is 0 Å². The number of amides is 1. The van der Waals surface area contributed by atoms with Crippen molar-refractivity contribution in [2.75, 3.05) is 18.4 Å². The number of benzene rings is 1. The maximum Gasteiger partial charge on any atom is 0.257 e. The van der Waals surface area contributed by atoms with Crippen molar-refractivity contribution in [2.24, 2.45) is 0 Å². The summed E-state index contributed by atoms with van der Waals surface area (Å²) < 4.78 is 6.62. The molecule has 0 radical (unpaired) electrons. The fourth-order valence-electron chi connectivity index (χ4n) is 2.39. The van der Waals surface area contributed by atoms with Gasteiger partial charge in [-0.05, 0) is 32.0 Å². The number of alkyl halides is 1. The Bertz CT molecular complexity index is 519. The Morgan fingerprint density at radius 2 is 2.25 bits per heavy atom. The molecule has 1 aliphatic heterocycles. The summed E-state index contributed by atoms with van der Waals surface area (Å²) in [6.45, 7) is 4.95. The molecule has 1 aromatic rings. The molecule has 0 saturated carbocycles. The van der Waals surface area contributed by atoms with E-state index in [2.05, 4.69) is 31.9 Å². The van der Waals surface area contributed by atoms with Crippen LogP contribution in [0.3, 0.4) is 0 Å². The van der Waals surface area contributed by atoms with Crippen molar-refractivity contribution in [1.29, 1.82) is 0 Å². The molecule has 0 bridgehead atoms. The zero-order valence-corrected chi connectivity index (χ0v) is 14.6. The lowest BCUT2D eigenvalue weighted by Gasteiger charge is -2.42. The zero-order valence-electron chi connectivity index (χ0n) is 11.4. The number of ether oxygens (including phenoxy) is 1. The predicted octanol–water partition coefficient (Wildman–Crippen LogP) is 3.17. The second-order valence-electron chi connectivity index (χ2n) is 5.50. The first-order chi connectivity index (χ1) is 9.32. The fourth-order valence-corrected chi connectivity index (χ4v) is 3.07. The summed E-state index contributed by atoms with van der Waals surface area (Å²) in [6.07, 6.45) is -0.0414. The monoisotopic (exact) mass is 405 g/mol. The van der Waals surface area contributed by atoms with Crippen LogP contribution in [0.15, 0.2) is 22.7 Å². The molecule has 1 amide bonds. The van der Waals surface area contributed by atoms with Gasteiger partial charge >= 0.3 is 0 Å². The molecule has 1 heterocycles. The van der Waals surface area contributed by atoms with Gasteiger partial charge in [-0.1, -0.05) is 31.9 Å². The van der Waals surface area contributed by atoms with Crippen LogP contribution in [0.25, 0.3) is 0 Å². The molecule has 1 fully saturated rings. The maximum atomic E-state index is 12.6. The molecule has 110 valence electrons. The molecular weight excluding hydrogens is 390 g/mol. The highest BCUT2D eigenvalue weighted by Crippen LogP contribution is 2.27. The van der Waals surface area contributed by atoms with Crippen LogP contribution >= 0.6 is 31.9 Å². The van der Waals surface area contributed by atoms with Gasteiger partial charge < -0.3 is 14.7 Å². The minimum atomic E-state index is -0.392. The zero-order chi connectivity index (χ0) is 14.9. The van der Waals surface area contributed by atoms with E-state index in [1.165, 1.54) is 6.07 Å². The second-order valence-corrected chi connectivity index (χ2v) is 7.06. The Balaban J connectivity index is 2.23. The summed E-state index contributed by atoms with van der Waals surface area (Å²) in [4.78, 5) is 14.3. The third kappa shape index (κ3) is 3.54. The number of phenols is 1. The van der Waals surface area contributed by atoms with Gasteiger partial charge in [0, 0.05) is 22.9 Å². The van der Waals surface area contributed by atoms with Crippen LogP contribution in [0, 0.1) is 0 Å². The van der Waals surface area contributed by atoms with Crippen LogP contribution in [0.4, 0.5) is 0 Å². The van der Waals surface area contributed by atoms with E-state index in [0.29, 0.717) is 24.0 Å². The lowest BCUT2D eigenvalue weighted by molar-refractivity contribution is -0.116. The summed E-state index contributed by atoms with van der Waals surface area (Å²) in [5.41, 5.74) is -0.0728. The summed E-state index contributed by atoms with van der Waals surface area (Å²) in [6, 6.07) is 4.91. The van der Waals surface area contributed by atoms with Crippen molar-refractivity contribution in [3.63, 3.8) is 0 Å². The summed E-state index contributed by atoms with van der Waals surface area (Å²) in [5.74, 6) is -0.179. The third-order valence-corrected chi connectivity index (χ3v) is 4.35. The number of aromatic hydroxyl groups is 1. The van der Waals surface area contributed by atoms with Gasteiger partial charge in [-0.15, -0.1) is 0 Å². The van der Waals surface area contributed by atoms with Crippen LogP contribution in [0.1, 0.15) is 24.2 Å². The van der Waals surface area contributed by atoms with Crippen LogP contribution in [-0.2, 0) is 4.74 Å². The Hall–Kier alpha value is -0.590. The smallest absolute Gasteiger partial charge is 0.257 e. The Morgan fingerprint density at radius 1 is 1.55 bits per heavy atom. The van der Waals surface area contributed by atoms with E-state index in [1.807, 2.05) is 13.8 Å². The molecule has 1 aliphatic rings. The topological polar surface area (TPSA) is 49.8 Å². The molecule has 1 N–H and O–H groups in total. The molecule has 0 aromatic heterocycles. The fraction of sp³-hybridized carbons (Fsp3) is 0.500. The Kier molecular flexibility index (Phi) is 4.76. The molecule has 1 saturated heterocycles. The molecule has 0 aliphatic carbocycles. The average Bonchev–Trinajstić information content (AvgIpc) is 2.36. The van der Waals surface area contributed by atoms with Crippen molar-refractivity contribution in [1.82, 2.24) is 4.90 Å². The predicted molar refractivity (Wildman–Crippen MR) is 84.5 cm³/mol. The lowest BCUT2D eigenvalue weighted by atomic mass is 10.0. The first-order valence-corrected chi connectivity index (χ1v) is 8.25. The molecule has 0 spiro atoms. The normalized spacial score (nSPS) is 21.8. The number of halogens is 2. The average molecular weight is 407 g/mol. The highest BCUT2D eigenvalue weighted by Gasteiger charge is 2.35. The molecule has 4 nitrogen and oxygen atoms in total. The first-order valence-electron chi connectivity index (χ1n) is 6.34. The van der Waals surface area contributed by atoms with Gasteiger partial charge in [0.2, 0.25) is 0 Å². The van der Waals surface area contributed by atoms with E-state index >= 15 is 0 Å². The lowest BCUT2D eigenvalue weighted by Crippen LogP contribution is -2.55. The van der Waals surface area contributed by atoms with Crippen molar-refractivity contribution in [2.45, 2.75) is 25.6 Å². The number of carbonyl (C=O) groups is 1. The number of hydrogen-bond donors (Lipinski definition) is 1. The maximum absolute atomic E-state index is 12.6. The second kappa shape index (κ2) is 6.03. The molecular formula is C14H17Br2NO3. The van der Waals surface area contributed by atoms with Gasteiger partial charge in [0.25, 0.3) is 5.91 Å². The minimum absolute atomic E-state index is 0.0101. The molecule has 2 rings (SSSR count). The van der Waals surface area contributed by atoms with Crippen molar-refractivity contribution < 1.29 is 14.6 Å². The van der Waals surface area contributed by atoms with Gasteiger partial charge in [0.1, 0.15) is 5.75 Å². The number of phenolic OH excluding ortho intramolecular Hbond substituents is 1. The quantitative estimate of drug-likeness (QED) is 0.767. The van der Waals surface area contributed by atoms with Gasteiger partial charge in [0.05, 0.1) is 17.3 Å². The van der Waals surface area contributed by atoms with Gasteiger partial charge in [0.15, 0.2) is 0 Å². The Labute approximate surface area is 135 Å². The number of carbonyl (C=O) groups excluding carboxylic acids is 1. The molecule has 1 aromatic carbocycles. The minimum Gasteiger partial charge on any atom is -0.507 e. The molecule has 1 atom stereocenters. The Morgan fingerprint density at radius 3 is 2.85 bits per heavy atom. The SMILES string of the molecule is CC1(C)CN(C(=O)c2ccc(Br)cc2O)CC(CBr)O1. The van der Waals surface area contributed by atoms with Gasteiger partial charge in [-0.3, -0.25) is 4.79 Å². The van der Waals surface area contributed by atoms with E-state index in [4.69, 9.17) is 4.74 Å². The number of morpholine rings is 1. The van der Waals surface area contributed by atoms with Crippen LogP contribution in [-0.4, -0.2) is 46.0 Å². The van der Waals surface area contributed by atoms with E-state index in [1.54, 1.807) is 17.0 Å². The van der Waals surface area contributed by atoms with Crippen molar-refractivity contribution >= 4 is 37.8 Å². The van der Waals surface area contributed by atoms with E-state index < -0.39 is 5.60 Å². The van der Waals surface area contributed by atoms with Crippen LogP contribution in [0.5, 0.6) is 5.75 Å². The highest BCUT2D eigenvalue weighted by atomic mass is 79.9. The summed E-state index contributed by atoms with van der Waals surface area (Å²) in [5, 5.41) is 10.6. The number of rotatable bonds is 2. The molecule has 6 heteroatoms. The van der Waals surface area contributed by atoms with Crippen molar-refractivity contribution in [3.8, 4) is 5.75 Å². The van der Waals surface area contributed by atoms with Crippen LogP contribution in [0.2, 0.25) is 0 Å². The molecule has 1 unspecified atom stereocenters. The largest absolute Gasteiger partial charge is 0.507 e. The summed E-state index contributed by atoms with van der Waals surface area (Å²) in [7, 11) is 0. The van der Waals surface area contributed by atoms with E-state index in [0.717, 1.165) is 4.47 Å².